The summed E-state index contributed by atoms with van der Waals surface area (Å²) in [6.45, 7) is 8.02. The van der Waals surface area contributed by atoms with Crippen LogP contribution in [0.4, 0.5) is 0 Å². The molecule has 0 spiro atoms. The van der Waals surface area contributed by atoms with E-state index < -0.39 is 22.8 Å². The van der Waals surface area contributed by atoms with Gasteiger partial charge in [0.2, 0.25) is 11.7 Å². The predicted molar refractivity (Wildman–Crippen MR) is 268 cm³/mol. The number of hydrogen-bond donors (Lipinski definition) is 1. The van der Waals surface area contributed by atoms with Gasteiger partial charge >= 0.3 is 5.97 Å². The van der Waals surface area contributed by atoms with Crippen LogP contribution in [-0.2, 0) is 41.3 Å². The molecule has 0 aliphatic rings. The van der Waals surface area contributed by atoms with Crippen molar-refractivity contribution >= 4 is 17.7 Å². The van der Waals surface area contributed by atoms with E-state index in [-0.39, 0.29) is 31.1 Å². The van der Waals surface area contributed by atoms with E-state index in [2.05, 4.69) is 19.2 Å². The van der Waals surface area contributed by atoms with Crippen LogP contribution in [0, 0.1) is 0 Å². The molecule has 0 radical (unpaired) electrons. The van der Waals surface area contributed by atoms with Gasteiger partial charge in [-0.3, -0.25) is 14.4 Å². The maximum absolute atomic E-state index is 13.7. The topological polar surface area (TPSA) is 128 Å². The SMILES string of the molecule is CCCCNC(=O)CCc1ccc(C(OC(C)(C)OC(=O)CCC(=O)COc2cccc(C(C)(c3ccc(OC)cc3)c3ccc(OC)cc3)c2)(c2ccc(OC)cc2)c2ccc(OC)cc2)cc1. The molecule has 6 rings (SSSR count). The Bertz CT molecular complexity index is 2490. The first-order chi connectivity index (χ1) is 33.3. The summed E-state index contributed by atoms with van der Waals surface area (Å²) in [7, 11) is 6.49. The molecule has 0 aliphatic carbocycles. The number of amides is 1. The molecule has 362 valence electrons. The number of carbonyl (C=O) groups excluding carboxylic acids is 3. The van der Waals surface area contributed by atoms with Gasteiger partial charge in [-0.05, 0) is 119 Å². The van der Waals surface area contributed by atoms with Crippen molar-refractivity contribution < 1.29 is 47.5 Å². The summed E-state index contributed by atoms with van der Waals surface area (Å²) < 4.78 is 41.2. The summed E-state index contributed by atoms with van der Waals surface area (Å²) in [5, 5.41) is 2.99. The molecule has 0 heterocycles. The van der Waals surface area contributed by atoms with Crippen molar-refractivity contribution in [3.8, 4) is 28.7 Å². The maximum Gasteiger partial charge on any atom is 0.308 e. The third kappa shape index (κ3) is 12.9. The maximum atomic E-state index is 13.7. The number of methoxy groups -OCH3 is 4. The number of unbranched alkanes of at least 4 members (excludes halogenated alkanes) is 1. The van der Waals surface area contributed by atoms with Crippen LogP contribution in [0.5, 0.6) is 28.7 Å². The lowest BCUT2D eigenvalue weighted by Crippen LogP contribution is -2.44. The van der Waals surface area contributed by atoms with Crippen molar-refractivity contribution in [2.45, 2.75) is 83.0 Å². The van der Waals surface area contributed by atoms with E-state index in [0.717, 1.165) is 63.3 Å². The van der Waals surface area contributed by atoms with Crippen LogP contribution < -0.4 is 29.0 Å². The average Bonchev–Trinajstić information content (AvgIpc) is 3.38. The van der Waals surface area contributed by atoms with Gasteiger partial charge in [-0.15, -0.1) is 0 Å². The van der Waals surface area contributed by atoms with Crippen LogP contribution in [-0.4, -0.2) is 65.0 Å². The molecule has 1 N–H and O–H groups in total. The fraction of sp³-hybridized carbons (Fsp3) is 0.328. The van der Waals surface area contributed by atoms with Gasteiger partial charge in [0, 0.05) is 38.6 Å². The van der Waals surface area contributed by atoms with Gasteiger partial charge < -0.3 is 38.5 Å². The number of ketones is 1. The van der Waals surface area contributed by atoms with E-state index >= 15 is 0 Å². The number of nitrogens with one attached hydrogen (secondary N) is 1. The Balaban J connectivity index is 1.18. The Morgan fingerprint density at radius 2 is 0.986 bits per heavy atom. The molecular weight excluding hydrogens is 871 g/mol. The van der Waals surface area contributed by atoms with Crippen LogP contribution in [0.25, 0.3) is 0 Å². The molecule has 11 heteroatoms. The molecule has 0 saturated heterocycles. The third-order valence-corrected chi connectivity index (χ3v) is 12.4. The molecule has 0 atom stereocenters. The minimum Gasteiger partial charge on any atom is -0.497 e. The normalized spacial score (nSPS) is 11.6. The fourth-order valence-electron chi connectivity index (χ4n) is 8.42. The number of esters is 1. The number of rotatable bonds is 25. The zero-order chi connectivity index (χ0) is 49.4. The summed E-state index contributed by atoms with van der Waals surface area (Å²) in [6.07, 6.45) is 2.57. The molecule has 0 fully saturated rings. The molecule has 69 heavy (non-hydrogen) atoms. The number of aryl methyl sites for hydroxylation is 1. The number of Topliss-reactive ketones (excluding diaryl/α,β-unsaturated/α-hetero) is 1. The lowest BCUT2D eigenvalue weighted by molar-refractivity contribution is -0.246. The van der Waals surface area contributed by atoms with Gasteiger partial charge in [0.05, 0.1) is 34.9 Å². The summed E-state index contributed by atoms with van der Waals surface area (Å²) in [5.74, 6) is 0.934. The van der Waals surface area contributed by atoms with Crippen LogP contribution in [0.2, 0.25) is 0 Å². The standard InChI is InChI=1S/C58H65NO10/c1-9-10-38-59-54(61)36-16-41-14-17-44(18-15-41)58(45-23-32-51(65-7)33-24-45,46-25-34-52(66-8)35-26-46)69-56(2,3)68-55(62)37-27-48(60)40-67-53-13-11-12-47(39-53)57(4,42-19-28-49(63-5)29-20-42)43-21-30-50(64-6)31-22-43/h11-15,17-26,28-35,39H,9-10,16,27,36-38,40H2,1-8H3,(H,59,61). The van der Waals surface area contributed by atoms with E-state index in [1.54, 1.807) is 42.3 Å². The lowest BCUT2D eigenvalue weighted by Gasteiger charge is -2.41. The van der Waals surface area contributed by atoms with Crippen molar-refractivity contribution in [1.82, 2.24) is 5.32 Å². The third-order valence-electron chi connectivity index (χ3n) is 12.4. The van der Waals surface area contributed by atoms with E-state index in [0.29, 0.717) is 36.6 Å². The molecule has 0 saturated carbocycles. The molecule has 0 bridgehead atoms. The zero-order valence-electron chi connectivity index (χ0n) is 41.1. The molecule has 0 unspecified atom stereocenters. The van der Waals surface area contributed by atoms with E-state index in [1.807, 2.05) is 146 Å². The van der Waals surface area contributed by atoms with E-state index in [9.17, 15) is 14.4 Å². The summed E-state index contributed by atoms with van der Waals surface area (Å²) >= 11 is 0. The first-order valence-corrected chi connectivity index (χ1v) is 23.4. The molecular formula is C58H65NO10. The van der Waals surface area contributed by atoms with Gasteiger partial charge in [-0.2, -0.15) is 0 Å². The van der Waals surface area contributed by atoms with Crippen molar-refractivity contribution in [3.63, 3.8) is 0 Å². The number of benzene rings is 6. The molecule has 6 aromatic carbocycles. The monoisotopic (exact) mass is 935 g/mol. The fourth-order valence-corrected chi connectivity index (χ4v) is 8.42. The highest BCUT2D eigenvalue weighted by Crippen LogP contribution is 2.45. The smallest absolute Gasteiger partial charge is 0.308 e. The Kier molecular flexibility index (Phi) is 17.7. The van der Waals surface area contributed by atoms with Gasteiger partial charge in [-0.1, -0.05) is 98.3 Å². The second-order valence-corrected chi connectivity index (χ2v) is 17.5. The van der Waals surface area contributed by atoms with E-state index in [4.69, 9.17) is 33.2 Å². The van der Waals surface area contributed by atoms with Crippen LogP contribution in [0.3, 0.4) is 0 Å². The Hall–Kier alpha value is -7.11. The van der Waals surface area contributed by atoms with Gasteiger partial charge in [0.1, 0.15) is 41.0 Å². The number of carbonyl (C=O) groups is 3. The second-order valence-electron chi connectivity index (χ2n) is 17.5. The highest BCUT2D eigenvalue weighted by atomic mass is 16.7. The van der Waals surface area contributed by atoms with Crippen molar-refractivity contribution in [2.24, 2.45) is 0 Å². The largest absolute Gasteiger partial charge is 0.497 e. The first kappa shape index (κ1) is 51.3. The second kappa shape index (κ2) is 23.8. The zero-order valence-corrected chi connectivity index (χ0v) is 41.1. The van der Waals surface area contributed by atoms with Gasteiger partial charge in [0.25, 0.3) is 0 Å². The molecule has 1 amide bonds. The van der Waals surface area contributed by atoms with Gasteiger partial charge in [0.15, 0.2) is 5.78 Å². The van der Waals surface area contributed by atoms with Gasteiger partial charge in [-0.25, -0.2) is 0 Å². The average molecular weight is 936 g/mol. The minimum atomic E-state index is -1.52. The highest BCUT2D eigenvalue weighted by Gasteiger charge is 2.44. The van der Waals surface area contributed by atoms with Crippen LogP contribution in [0.15, 0.2) is 146 Å². The molecule has 11 nitrogen and oxygen atoms in total. The van der Waals surface area contributed by atoms with E-state index in [1.165, 1.54) is 0 Å². The van der Waals surface area contributed by atoms with Crippen molar-refractivity contribution in [1.29, 1.82) is 0 Å². The summed E-state index contributed by atoms with van der Waals surface area (Å²) in [6, 6.07) is 46.6. The number of hydrogen-bond acceptors (Lipinski definition) is 10. The summed E-state index contributed by atoms with van der Waals surface area (Å²) in [5.41, 5.74) is 4.31. The van der Waals surface area contributed by atoms with Crippen LogP contribution >= 0.6 is 0 Å². The molecule has 6 aromatic rings. The molecule has 0 aliphatic heterocycles. The number of ether oxygens (including phenoxy) is 7. The van der Waals surface area contributed by atoms with Crippen molar-refractivity contribution in [3.05, 3.63) is 185 Å². The Labute approximate surface area is 407 Å². The van der Waals surface area contributed by atoms with Crippen LogP contribution in [0.1, 0.15) is 98.7 Å². The quantitative estimate of drug-likeness (QED) is 0.0256. The highest BCUT2D eigenvalue weighted by molar-refractivity contribution is 5.84. The van der Waals surface area contributed by atoms with Crippen molar-refractivity contribution in [2.75, 3.05) is 41.6 Å². The molecule has 0 aromatic heterocycles. The lowest BCUT2D eigenvalue weighted by atomic mass is 9.71. The Morgan fingerprint density at radius 3 is 1.45 bits per heavy atom. The predicted octanol–water partition coefficient (Wildman–Crippen LogP) is 10.9. The summed E-state index contributed by atoms with van der Waals surface area (Å²) in [4.78, 5) is 39.6. The minimum absolute atomic E-state index is 0.0137. The first-order valence-electron chi connectivity index (χ1n) is 23.4. The Morgan fingerprint density at radius 1 is 0.522 bits per heavy atom.